The largest absolute Gasteiger partial charge is 0.416 e. The van der Waals surface area contributed by atoms with E-state index in [9.17, 15) is 13.2 Å². The summed E-state index contributed by atoms with van der Waals surface area (Å²) in [4.78, 5) is 2.18. The first-order valence-electron chi connectivity index (χ1n) is 8.87. The highest BCUT2D eigenvalue weighted by Crippen LogP contribution is 2.32. The Hall–Kier alpha value is -2.78. The standard InChI is InChI=1S/C19H18F3N5O/c20-19(21,22)15-7-4-8-16(13-15)27-18(23-24-25-27)17(14-5-2-1-3-6-14)26-9-11-28-12-10-26/h1-8,13,17H,9-12H2. The van der Waals surface area contributed by atoms with Crippen molar-refractivity contribution in [3.05, 3.63) is 71.5 Å². The van der Waals surface area contributed by atoms with Crippen LogP contribution in [0.3, 0.4) is 0 Å². The Bertz CT molecular complexity index is 923. The normalized spacial score (nSPS) is 16.8. The number of halogens is 3. The van der Waals surface area contributed by atoms with E-state index >= 15 is 0 Å². The molecule has 4 rings (SSSR count). The minimum absolute atomic E-state index is 0.268. The molecule has 3 aromatic rings. The quantitative estimate of drug-likeness (QED) is 0.686. The van der Waals surface area contributed by atoms with Crippen LogP contribution in [0.15, 0.2) is 54.6 Å². The summed E-state index contributed by atoms with van der Waals surface area (Å²) in [6.45, 7) is 2.51. The number of morpholine rings is 1. The van der Waals surface area contributed by atoms with Crippen molar-refractivity contribution in [1.82, 2.24) is 25.1 Å². The smallest absolute Gasteiger partial charge is 0.379 e. The number of tetrazole rings is 1. The molecule has 1 saturated heterocycles. The lowest BCUT2D eigenvalue weighted by Crippen LogP contribution is -2.40. The minimum atomic E-state index is -4.44. The first-order chi connectivity index (χ1) is 13.5. The van der Waals surface area contributed by atoms with Gasteiger partial charge in [0.2, 0.25) is 0 Å². The number of aromatic nitrogens is 4. The van der Waals surface area contributed by atoms with Crippen molar-refractivity contribution in [3.63, 3.8) is 0 Å². The first-order valence-corrected chi connectivity index (χ1v) is 8.87. The van der Waals surface area contributed by atoms with Gasteiger partial charge < -0.3 is 4.74 Å². The first kappa shape index (κ1) is 18.6. The molecule has 9 heteroatoms. The van der Waals surface area contributed by atoms with Crippen LogP contribution in [0.25, 0.3) is 5.69 Å². The molecule has 2 heterocycles. The fraction of sp³-hybridized carbons (Fsp3) is 0.316. The van der Waals surface area contributed by atoms with E-state index in [1.807, 2.05) is 30.3 Å². The van der Waals surface area contributed by atoms with Crippen molar-refractivity contribution in [3.8, 4) is 5.69 Å². The summed E-state index contributed by atoms with van der Waals surface area (Å²) in [5, 5.41) is 11.9. The number of alkyl halides is 3. The zero-order valence-electron chi connectivity index (χ0n) is 14.9. The fourth-order valence-corrected chi connectivity index (χ4v) is 3.36. The molecule has 146 valence electrons. The maximum Gasteiger partial charge on any atom is 0.416 e. The van der Waals surface area contributed by atoms with Crippen molar-refractivity contribution in [2.24, 2.45) is 0 Å². The molecule has 1 fully saturated rings. The van der Waals surface area contributed by atoms with Gasteiger partial charge in [-0.3, -0.25) is 4.90 Å². The highest BCUT2D eigenvalue weighted by Gasteiger charge is 2.32. The van der Waals surface area contributed by atoms with Crippen molar-refractivity contribution < 1.29 is 17.9 Å². The Morgan fingerprint density at radius 3 is 2.43 bits per heavy atom. The average molecular weight is 389 g/mol. The van der Waals surface area contributed by atoms with Crippen molar-refractivity contribution in [2.75, 3.05) is 26.3 Å². The number of rotatable bonds is 4. The van der Waals surface area contributed by atoms with E-state index in [1.165, 1.54) is 10.7 Å². The van der Waals surface area contributed by atoms with Crippen molar-refractivity contribution in [2.45, 2.75) is 12.2 Å². The van der Waals surface area contributed by atoms with E-state index in [2.05, 4.69) is 20.4 Å². The maximum atomic E-state index is 13.1. The molecule has 0 N–H and O–H groups in total. The van der Waals surface area contributed by atoms with Gasteiger partial charge >= 0.3 is 6.18 Å². The Balaban J connectivity index is 1.79. The Morgan fingerprint density at radius 1 is 0.964 bits per heavy atom. The van der Waals surface area contributed by atoms with Crippen LogP contribution in [0.1, 0.15) is 23.0 Å². The zero-order chi connectivity index (χ0) is 19.6. The zero-order valence-corrected chi connectivity index (χ0v) is 14.9. The average Bonchev–Trinajstić information content (AvgIpc) is 3.19. The third-order valence-electron chi connectivity index (χ3n) is 4.68. The summed E-state index contributed by atoms with van der Waals surface area (Å²) in [5.74, 6) is 0.465. The van der Waals surface area contributed by atoms with E-state index in [1.54, 1.807) is 6.07 Å². The molecular formula is C19H18F3N5O. The Morgan fingerprint density at radius 2 is 1.71 bits per heavy atom. The molecule has 1 unspecified atom stereocenters. The van der Waals surface area contributed by atoms with Crippen LogP contribution in [-0.2, 0) is 10.9 Å². The molecule has 0 aliphatic carbocycles. The highest BCUT2D eigenvalue weighted by atomic mass is 19.4. The van der Waals surface area contributed by atoms with Gasteiger partial charge in [0.1, 0.15) is 0 Å². The fourth-order valence-electron chi connectivity index (χ4n) is 3.36. The van der Waals surface area contributed by atoms with Crippen molar-refractivity contribution in [1.29, 1.82) is 0 Å². The van der Waals surface area contributed by atoms with Crippen LogP contribution < -0.4 is 0 Å². The second kappa shape index (κ2) is 7.69. The van der Waals surface area contributed by atoms with E-state index in [0.717, 1.165) is 17.7 Å². The topological polar surface area (TPSA) is 56.1 Å². The van der Waals surface area contributed by atoms with Crippen LogP contribution in [0.5, 0.6) is 0 Å². The predicted octanol–water partition coefficient (Wildman–Crippen LogP) is 3.10. The summed E-state index contributed by atoms with van der Waals surface area (Å²) >= 11 is 0. The molecule has 28 heavy (non-hydrogen) atoms. The van der Waals surface area contributed by atoms with Gasteiger partial charge in [-0.25, -0.2) is 0 Å². The summed E-state index contributed by atoms with van der Waals surface area (Å²) in [6.07, 6.45) is -4.44. The Kier molecular flexibility index (Phi) is 5.10. The third kappa shape index (κ3) is 3.76. The van der Waals surface area contributed by atoms with Gasteiger partial charge in [0, 0.05) is 13.1 Å². The molecule has 1 atom stereocenters. The lowest BCUT2D eigenvalue weighted by Gasteiger charge is -2.33. The summed E-state index contributed by atoms with van der Waals surface area (Å²) in [7, 11) is 0. The minimum Gasteiger partial charge on any atom is -0.379 e. The van der Waals surface area contributed by atoms with Gasteiger partial charge in [-0.15, -0.1) is 5.10 Å². The molecule has 0 spiro atoms. The van der Waals surface area contributed by atoms with Gasteiger partial charge in [-0.2, -0.15) is 17.9 Å². The maximum absolute atomic E-state index is 13.1. The van der Waals surface area contributed by atoms with Gasteiger partial charge in [-0.05, 0) is 34.2 Å². The molecule has 0 amide bonds. The number of hydrogen-bond donors (Lipinski definition) is 0. The van der Waals surface area contributed by atoms with Gasteiger partial charge in [-0.1, -0.05) is 36.4 Å². The van der Waals surface area contributed by atoms with Gasteiger partial charge in [0.25, 0.3) is 0 Å². The molecule has 0 radical (unpaired) electrons. The van der Waals surface area contributed by atoms with E-state index in [0.29, 0.717) is 32.1 Å². The van der Waals surface area contributed by atoms with Crippen LogP contribution in [0.2, 0.25) is 0 Å². The van der Waals surface area contributed by atoms with Crippen LogP contribution >= 0.6 is 0 Å². The SMILES string of the molecule is FC(F)(F)c1cccc(-n2nnnc2C(c2ccccc2)N2CCOCC2)c1. The van der Waals surface area contributed by atoms with Crippen LogP contribution in [0.4, 0.5) is 13.2 Å². The molecule has 0 bridgehead atoms. The van der Waals surface area contributed by atoms with E-state index in [-0.39, 0.29) is 11.7 Å². The van der Waals surface area contributed by atoms with Crippen LogP contribution in [-0.4, -0.2) is 51.4 Å². The van der Waals surface area contributed by atoms with E-state index < -0.39 is 11.7 Å². The summed E-state index contributed by atoms with van der Waals surface area (Å²) < 4.78 is 46.2. The molecule has 1 aliphatic heterocycles. The van der Waals surface area contributed by atoms with E-state index in [4.69, 9.17) is 4.74 Å². The number of benzene rings is 2. The molecular weight excluding hydrogens is 371 g/mol. The number of ether oxygens (including phenoxy) is 1. The molecule has 1 aromatic heterocycles. The van der Waals surface area contributed by atoms with Gasteiger partial charge in [0.15, 0.2) is 5.82 Å². The van der Waals surface area contributed by atoms with Gasteiger partial charge in [0.05, 0.1) is 30.5 Å². The molecule has 1 aliphatic rings. The number of hydrogen-bond acceptors (Lipinski definition) is 5. The van der Waals surface area contributed by atoms with Crippen molar-refractivity contribution >= 4 is 0 Å². The lowest BCUT2D eigenvalue weighted by molar-refractivity contribution is -0.137. The molecule has 6 nitrogen and oxygen atoms in total. The third-order valence-corrected chi connectivity index (χ3v) is 4.68. The van der Waals surface area contributed by atoms with Crippen LogP contribution in [0, 0.1) is 0 Å². The second-order valence-electron chi connectivity index (χ2n) is 6.46. The summed E-state index contributed by atoms with van der Waals surface area (Å²) in [6, 6.07) is 14.4. The second-order valence-corrected chi connectivity index (χ2v) is 6.46. The Labute approximate surface area is 159 Å². The molecule has 0 saturated carbocycles. The monoisotopic (exact) mass is 389 g/mol. The summed E-state index contributed by atoms with van der Waals surface area (Å²) in [5.41, 5.74) is 0.491. The number of nitrogens with zero attached hydrogens (tertiary/aromatic N) is 5. The molecule has 2 aromatic carbocycles. The lowest BCUT2D eigenvalue weighted by atomic mass is 10.0. The highest BCUT2D eigenvalue weighted by molar-refractivity contribution is 5.38. The predicted molar refractivity (Wildman–Crippen MR) is 94.8 cm³/mol.